The number of rotatable bonds is 5. The summed E-state index contributed by atoms with van der Waals surface area (Å²) in [6.45, 7) is 4.04. The second kappa shape index (κ2) is 7.25. The van der Waals surface area contributed by atoms with Gasteiger partial charge in [0.25, 0.3) is 5.91 Å². The van der Waals surface area contributed by atoms with Gasteiger partial charge in [0.1, 0.15) is 5.75 Å². The molecule has 6 heteroatoms. The van der Waals surface area contributed by atoms with E-state index in [-0.39, 0.29) is 12.5 Å². The average Bonchev–Trinajstić information content (AvgIpc) is 3.19. The van der Waals surface area contributed by atoms with Gasteiger partial charge in [-0.1, -0.05) is 29.8 Å². The van der Waals surface area contributed by atoms with E-state index in [0.29, 0.717) is 5.75 Å². The van der Waals surface area contributed by atoms with Crippen LogP contribution in [-0.4, -0.2) is 21.9 Å². The van der Waals surface area contributed by atoms with E-state index in [1.807, 2.05) is 66.1 Å². The summed E-state index contributed by atoms with van der Waals surface area (Å²) in [4.78, 5) is 19.0. The van der Waals surface area contributed by atoms with Gasteiger partial charge >= 0.3 is 0 Å². The molecule has 1 N–H and O–H groups in total. The van der Waals surface area contributed by atoms with Crippen molar-refractivity contribution in [1.29, 1.82) is 0 Å². The van der Waals surface area contributed by atoms with E-state index in [4.69, 9.17) is 4.74 Å². The number of thiazole rings is 1. The minimum absolute atomic E-state index is 0.0349. The highest BCUT2D eigenvalue weighted by Crippen LogP contribution is 2.25. The average molecular weight is 377 g/mol. The largest absolute Gasteiger partial charge is 0.484 e. The first-order valence-corrected chi connectivity index (χ1v) is 9.43. The standard InChI is InChI=1S/C21H19N3O2S/c1-14-6-8-18(9-7-14)26-13-20(25)22-17-5-3-4-16(10-17)19-12-24-11-15(2)27-21(24)23-19/h3-12H,13H2,1-2H3,(H,22,25). The number of benzene rings is 2. The lowest BCUT2D eigenvalue weighted by atomic mass is 10.1. The molecular formula is C21H19N3O2S. The number of imidazole rings is 1. The van der Waals surface area contributed by atoms with Gasteiger partial charge in [0.15, 0.2) is 11.6 Å². The van der Waals surface area contributed by atoms with Crippen LogP contribution in [0.2, 0.25) is 0 Å². The molecule has 0 spiro atoms. The summed E-state index contributed by atoms with van der Waals surface area (Å²) in [7, 11) is 0. The zero-order chi connectivity index (χ0) is 18.8. The highest BCUT2D eigenvalue weighted by atomic mass is 32.1. The number of fused-ring (bicyclic) bond motifs is 1. The summed E-state index contributed by atoms with van der Waals surface area (Å²) < 4.78 is 7.55. The van der Waals surface area contributed by atoms with E-state index in [1.165, 1.54) is 4.88 Å². The topological polar surface area (TPSA) is 55.6 Å². The second-order valence-corrected chi connectivity index (χ2v) is 7.60. The molecule has 0 atom stereocenters. The Morgan fingerprint density at radius 1 is 1.15 bits per heavy atom. The summed E-state index contributed by atoms with van der Waals surface area (Å²) in [5.74, 6) is 0.479. The number of hydrogen-bond donors (Lipinski definition) is 1. The lowest BCUT2D eigenvalue weighted by Gasteiger charge is -2.08. The highest BCUT2D eigenvalue weighted by molar-refractivity contribution is 7.17. The van der Waals surface area contributed by atoms with E-state index in [9.17, 15) is 4.79 Å². The fraction of sp³-hybridized carbons (Fsp3) is 0.143. The fourth-order valence-electron chi connectivity index (χ4n) is 2.79. The van der Waals surface area contributed by atoms with Crippen molar-refractivity contribution in [3.8, 4) is 17.0 Å². The lowest BCUT2D eigenvalue weighted by Crippen LogP contribution is -2.20. The van der Waals surface area contributed by atoms with Crippen molar-refractivity contribution in [2.45, 2.75) is 13.8 Å². The van der Waals surface area contributed by atoms with Gasteiger partial charge < -0.3 is 10.1 Å². The van der Waals surface area contributed by atoms with Gasteiger partial charge in [-0.15, -0.1) is 11.3 Å². The van der Waals surface area contributed by atoms with Gasteiger partial charge in [0.2, 0.25) is 0 Å². The predicted octanol–water partition coefficient (Wildman–Crippen LogP) is 4.70. The van der Waals surface area contributed by atoms with Crippen LogP contribution >= 0.6 is 11.3 Å². The van der Waals surface area contributed by atoms with Crippen LogP contribution in [0.5, 0.6) is 5.75 Å². The van der Waals surface area contributed by atoms with E-state index < -0.39 is 0 Å². The summed E-state index contributed by atoms with van der Waals surface area (Å²) >= 11 is 1.65. The molecule has 1 amide bonds. The Balaban J connectivity index is 1.43. The summed E-state index contributed by atoms with van der Waals surface area (Å²) in [5.41, 5.74) is 3.71. The van der Waals surface area contributed by atoms with Crippen molar-refractivity contribution in [2.24, 2.45) is 0 Å². The Bertz CT molecular complexity index is 1060. The van der Waals surface area contributed by atoms with Crippen LogP contribution in [0.15, 0.2) is 60.9 Å². The van der Waals surface area contributed by atoms with E-state index in [1.54, 1.807) is 11.3 Å². The number of carbonyl (C=O) groups is 1. The third kappa shape index (κ3) is 4.01. The molecule has 27 heavy (non-hydrogen) atoms. The Kier molecular flexibility index (Phi) is 4.64. The molecule has 0 bridgehead atoms. The number of nitrogens with zero attached hydrogens (tertiary/aromatic N) is 2. The van der Waals surface area contributed by atoms with Crippen LogP contribution in [0.25, 0.3) is 16.2 Å². The first kappa shape index (κ1) is 17.3. The maximum atomic E-state index is 12.2. The van der Waals surface area contributed by atoms with E-state index in [0.717, 1.165) is 27.5 Å². The van der Waals surface area contributed by atoms with E-state index in [2.05, 4.69) is 23.4 Å². The molecule has 4 rings (SSSR count). The Labute approximate surface area is 161 Å². The van der Waals surface area contributed by atoms with Crippen molar-refractivity contribution < 1.29 is 9.53 Å². The molecule has 0 radical (unpaired) electrons. The summed E-state index contributed by atoms with van der Waals surface area (Å²) in [5, 5.41) is 2.87. The smallest absolute Gasteiger partial charge is 0.262 e. The van der Waals surface area contributed by atoms with Crippen molar-refractivity contribution >= 4 is 27.9 Å². The monoisotopic (exact) mass is 377 g/mol. The van der Waals surface area contributed by atoms with Gasteiger partial charge in [0, 0.05) is 28.5 Å². The summed E-state index contributed by atoms with van der Waals surface area (Å²) in [6, 6.07) is 15.3. The van der Waals surface area contributed by atoms with Crippen LogP contribution in [0, 0.1) is 13.8 Å². The second-order valence-electron chi connectivity index (χ2n) is 6.39. The van der Waals surface area contributed by atoms with Gasteiger partial charge in [-0.3, -0.25) is 9.20 Å². The quantitative estimate of drug-likeness (QED) is 0.549. The number of carbonyl (C=O) groups excluding carboxylic acids is 1. The molecule has 0 saturated heterocycles. The molecule has 0 aliphatic heterocycles. The third-order valence-electron chi connectivity index (χ3n) is 4.10. The SMILES string of the molecule is Cc1ccc(OCC(=O)Nc2cccc(-c3cn4cc(C)sc4n3)c2)cc1. The number of aryl methyl sites for hydroxylation is 2. The van der Waals surface area contributed by atoms with Crippen molar-refractivity contribution in [3.63, 3.8) is 0 Å². The van der Waals surface area contributed by atoms with Crippen LogP contribution in [0.1, 0.15) is 10.4 Å². The number of nitrogens with one attached hydrogen (secondary N) is 1. The zero-order valence-corrected chi connectivity index (χ0v) is 15.9. The van der Waals surface area contributed by atoms with Crippen molar-refractivity contribution in [3.05, 3.63) is 71.4 Å². The number of hydrogen-bond acceptors (Lipinski definition) is 4. The molecule has 2 aromatic carbocycles. The van der Waals surface area contributed by atoms with Crippen LogP contribution < -0.4 is 10.1 Å². The maximum Gasteiger partial charge on any atom is 0.262 e. The molecule has 0 fully saturated rings. The van der Waals surface area contributed by atoms with Crippen molar-refractivity contribution in [1.82, 2.24) is 9.38 Å². The normalized spacial score (nSPS) is 10.9. The maximum absolute atomic E-state index is 12.2. The highest BCUT2D eigenvalue weighted by Gasteiger charge is 2.09. The number of aromatic nitrogens is 2. The minimum atomic E-state index is -0.200. The molecule has 136 valence electrons. The van der Waals surface area contributed by atoms with E-state index >= 15 is 0 Å². The minimum Gasteiger partial charge on any atom is -0.484 e. The molecule has 0 saturated carbocycles. The first-order valence-electron chi connectivity index (χ1n) is 8.62. The molecule has 0 aliphatic rings. The van der Waals surface area contributed by atoms with Gasteiger partial charge in [-0.2, -0.15) is 0 Å². The molecule has 2 heterocycles. The van der Waals surface area contributed by atoms with Gasteiger partial charge in [-0.25, -0.2) is 4.98 Å². The fourth-order valence-corrected chi connectivity index (χ4v) is 3.60. The molecular weight excluding hydrogens is 358 g/mol. The Morgan fingerprint density at radius 3 is 2.74 bits per heavy atom. The molecule has 2 aromatic heterocycles. The molecule has 0 aliphatic carbocycles. The van der Waals surface area contributed by atoms with Crippen LogP contribution in [0.3, 0.4) is 0 Å². The number of ether oxygens (including phenoxy) is 1. The summed E-state index contributed by atoms with van der Waals surface area (Å²) in [6.07, 6.45) is 4.06. The molecule has 0 unspecified atom stereocenters. The number of anilines is 1. The Hall–Kier alpha value is -3.12. The first-order chi connectivity index (χ1) is 13.1. The van der Waals surface area contributed by atoms with Gasteiger partial charge in [0.05, 0.1) is 5.69 Å². The predicted molar refractivity (Wildman–Crippen MR) is 109 cm³/mol. The van der Waals surface area contributed by atoms with Crippen LogP contribution in [-0.2, 0) is 4.79 Å². The van der Waals surface area contributed by atoms with Crippen molar-refractivity contribution in [2.75, 3.05) is 11.9 Å². The molecule has 4 aromatic rings. The number of amides is 1. The zero-order valence-electron chi connectivity index (χ0n) is 15.1. The third-order valence-corrected chi connectivity index (χ3v) is 5.02. The Morgan fingerprint density at radius 2 is 1.96 bits per heavy atom. The van der Waals surface area contributed by atoms with Gasteiger partial charge in [-0.05, 0) is 38.1 Å². The lowest BCUT2D eigenvalue weighted by molar-refractivity contribution is -0.118. The molecule has 5 nitrogen and oxygen atoms in total. The van der Waals surface area contributed by atoms with Crippen LogP contribution in [0.4, 0.5) is 5.69 Å².